The first-order valence-electron chi connectivity index (χ1n) is 8.24. The number of tetrazole rings is 1. The number of aryl methyl sites for hydroxylation is 2. The van der Waals surface area contributed by atoms with E-state index in [1.807, 2.05) is 4.68 Å². The normalized spacial score (nSPS) is 19.2. The molecule has 0 aliphatic carbocycles. The van der Waals surface area contributed by atoms with Crippen molar-refractivity contribution in [1.82, 2.24) is 25.1 Å². The molecule has 2 heterocycles. The number of ether oxygens (including phenoxy) is 1. The van der Waals surface area contributed by atoms with Gasteiger partial charge in [0.1, 0.15) is 0 Å². The Hall–Kier alpha value is -1.79. The highest BCUT2D eigenvalue weighted by Gasteiger charge is 2.22. The minimum Gasteiger partial charge on any atom is -0.384 e. The monoisotopic (exact) mass is 315 g/mol. The fourth-order valence-electron chi connectivity index (χ4n) is 3.48. The van der Waals surface area contributed by atoms with Gasteiger partial charge in [0.2, 0.25) is 0 Å². The topological polar surface area (TPSA) is 56.1 Å². The SMILES string of the molecule is COCC1CCCN(Cc2nnnn2-c2c(C)cccc2C)C1. The van der Waals surface area contributed by atoms with Gasteiger partial charge in [0.15, 0.2) is 5.82 Å². The molecular weight excluding hydrogens is 290 g/mol. The summed E-state index contributed by atoms with van der Waals surface area (Å²) in [5, 5.41) is 12.4. The van der Waals surface area contributed by atoms with Gasteiger partial charge >= 0.3 is 0 Å². The average molecular weight is 315 g/mol. The molecule has 1 aliphatic heterocycles. The van der Waals surface area contributed by atoms with E-state index in [1.165, 1.54) is 24.0 Å². The summed E-state index contributed by atoms with van der Waals surface area (Å²) >= 11 is 0. The second kappa shape index (κ2) is 7.19. The van der Waals surface area contributed by atoms with Crippen LogP contribution in [0, 0.1) is 19.8 Å². The Morgan fingerprint density at radius 1 is 1.26 bits per heavy atom. The molecule has 0 radical (unpaired) electrons. The summed E-state index contributed by atoms with van der Waals surface area (Å²) in [7, 11) is 1.78. The van der Waals surface area contributed by atoms with Crippen molar-refractivity contribution in [3.63, 3.8) is 0 Å². The van der Waals surface area contributed by atoms with Crippen LogP contribution >= 0.6 is 0 Å². The van der Waals surface area contributed by atoms with E-state index in [0.29, 0.717) is 5.92 Å². The van der Waals surface area contributed by atoms with Gasteiger partial charge in [-0.1, -0.05) is 18.2 Å². The number of nitrogens with zero attached hydrogens (tertiary/aromatic N) is 5. The summed E-state index contributed by atoms with van der Waals surface area (Å²) < 4.78 is 7.21. The van der Waals surface area contributed by atoms with Crippen molar-refractivity contribution in [2.45, 2.75) is 33.2 Å². The third-order valence-corrected chi connectivity index (χ3v) is 4.56. The van der Waals surface area contributed by atoms with Gasteiger partial charge in [-0.3, -0.25) is 4.90 Å². The van der Waals surface area contributed by atoms with E-state index < -0.39 is 0 Å². The fraction of sp³-hybridized carbons (Fsp3) is 0.588. The van der Waals surface area contributed by atoms with Crippen LogP contribution < -0.4 is 0 Å². The standard InChI is InChI=1S/C17H25N5O/c1-13-6-4-7-14(2)17(13)22-16(18-19-20-22)11-21-9-5-8-15(10-21)12-23-3/h4,6-7,15H,5,8-12H2,1-3H3. The first kappa shape index (κ1) is 16.1. The molecule has 1 fully saturated rings. The largest absolute Gasteiger partial charge is 0.384 e. The number of aromatic nitrogens is 4. The maximum Gasteiger partial charge on any atom is 0.170 e. The van der Waals surface area contributed by atoms with Crippen molar-refractivity contribution in [1.29, 1.82) is 0 Å². The highest BCUT2D eigenvalue weighted by atomic mass is 16.5. The molecule has 23 heavy (non-hydrogen) atoms. The number of benzene rings is 1. The molecular formula is C17H25N5O. The van der Waals surface area contributed by atoms with Gasteiger partial charge in [-0.2, -0.15) is 4.68 Å². The van der Waals surface area contributed by atoms with Gasteiger partial charge in [0.05, 0.1) is 18.8 Å². The summed E-state index contributed by atoms with van der Waals surface area (Å²) in [6.45, 7) is 7.96. The van der Waals surface area contributed by atoms with Gasteiger partial charge in [-0.05, 0) is 60.7 Å². The van der Waals surface area contributed by atoms with Crippen LogP contribution in [0.3, 0.4) is 0 Å². The van der Waals surface area contributed by atoms with Crippen LogP contribution in [-0.2, 0) is 11.3 Å². The number of hydrogen-bond donors (Lipinski definition) is 0. The van der Waals surface area contributed by atoms with Crippen LogP contribution in [-0.4, -0.2) is 51.9 Å². The maximum absolute atomic E-state index is 5.32. The lowest BCUT2D eigenvalue weighted by Gasteiger charge is -2.31. The molecule has 0 bridgehead atoms. The lowest BCUT2D eigenvalue weighted by molar-refractivity contribution is 0.0858. The average Bonchev–Trinajstić information content (AvgIpc) is 2.96. The van der Waals surface area contributed by atoms with Gasteiger partial charge < -0.3 is 4.74 Å². The van der Waals surface area contributed by atoms with E-state index in [9.17, 15) is 0 Å². The predicted octanol–water partition coefficient (Wildman–Crippen LogP) is 2.14. The second-order valence-corrected chi connectivity index (χ2v) is 6.45. The van der Waals surface area contributed by atoms with Gasteiger partial charge in [-0.15, -0.1) is 5.10 Å². The molecule has 6 heteroatoms. The van der Waals surface area contributed by atoms with Crippen LogP contribution in [0.4, 0.5) is 0 Å². The Morgan fingerprint density at radius 2 is 2.04 bits per heavy atom. The van der Waals surface area contributed by atoms with Crippen molar-refractivity contribution in [2.24, 2.45) is 5.92 Å². The van der Waals surface area contributed by atoms with Crippen molar-refractivity contribution in [3.8, 4) is 5.69 Å². The maximum atomic E-state index is 5.32. The van der Waals surface area contributed by atoms with Crippen molar-refractivity contribution >= 4 is 0 Å². The number of piperidine rings is 1. The highest BCUT2D eigenvalue weighted by molar-refractivity contribution is 5.46. The van der Waals surface area contributed by atoms with Gasteiger partial charge in [0, 0.05) is 13.7 Å². The van der Waals surface area contributed by atoms with Gasteiger partial charge in [-0.25, -0.2) is 0 Å². The highest BCUT2D eigenvalue weighted by Crippen LogP contribution is 2.21. The van der Waals surface area contributed by atoms with Crippen LogP contribution in [0.2, 0.25) is 0 Å². The van der Waals surface area contributed by atoms with Crippen molar-refractivity contribution in [3.05, 3.63) is 35.2 Å². The predicted molar refractivity (Wildman–Crippen MR) is 88.5 cm³/mol. The molecule has 0 saturated carbocycles. The van der Waals surface area contributed by atoms with E-state index in [-0.39, 0.29) is 0 Å². The van der Waals surface area contributed by atoms with Gasteiger partial charge in [0.25, 0.3) is 0 Å². The van der Waals surface area contributed by atoms with Crippen molar-refractivity contribution in [2.75, 3.05) is 26.8 Å². The Bertz CT molecular complexity index is 632. The molecule has 1 atom stereocenters. The second-order valence-electron chi connectivity index (χ2n) is 6.45. The first-order valence-corrected chi connectivity index (χ1v) is 8.24. The third-order valence-electron chi connectivity index (χ3n) is 4.56. The molecule has 0 amide bonds. The molecule has 6 nitrogen and oxygen atoms in total. The molecule has 0 spiro atoms. The number of hydrogen-bond acceptors (Lipinski definition) is 5. The Labute approximate surface area is 137 Å². The first-order chi connectivity index (χ1) is 11.2. The zero-order chi connectivity index (χ0) is 16.2. The van der Waals surface area contributed by atoms with Crippen LogP contribution in [0.25, 0.3) is 5.69 Å². The number of para-hydroxylation sites is 1. The summed E-state index contributed by atoms with van der Waals surface area (Å²) in [6.07, 6.45) is 2.45. The minimum atomic E-state index is 0.610. The molecule has 124 valence electrons. The third kappa shape index (κ3) is 3.59. The fourth-order valence-corrected chi connectivity index (χ4v) is 3.48. The van der Waals surface area contributed by atoms with Crippen molar-refractivity contribution < 1.29 is 4.74 Å². The summed E-state index contributed by atoms with van der Waals surface area (Å²) in [6, 6.07) is 6.27. The molecule has 3 rings (SSSR count). The Morgan fingerprint density at radius 3 is 2.78 bits per heavy atom. The molecule has 1 aromatic heterocycles. The van der Waals surface area contributed by atoms with E-state index in [2.05, 4.69) is 52.5 Å². The lowest BCUT2D eigenvalue weighted by Crippen LogP contribution is -2.37. The summed E-state index contributed by atoms with van der Waals surface area (Å²) in [5.41, 5.74) is 3.47. The molecule has 1 aromatic carbocycles. The number of methoxy groups -OCH3 is 1. The zero-order valence-electron chi connectivity index (χ0n) is 14.2. The molecule has 2 aromatic rings. The zero-order valence-corrected chi connectivity index (χ0v) is 14.2. The van der Waals surface area contributed by atoms with Crippen LogP contribution in [0.5, 0.6) is 0 Å². The quantitative estimate of drug-likeness (QED) is 0.846. The van der Waals surface area contributed by atoms with E-state index >= 15 is 0 Å². The molecule has 1 aliphatic rings. The summed E-state index contributed by atoms with van der Waals surface area (Å²) in [4.78, 5) is 2.43. The smallest absolute Gasteiger partial charge is 0.170 e. The van der Waals surface area contributed by atoms with Crippen LogP contribution in [0.1, 0.15) is 29.8 Å². The molecule has 1 saturated heterocycles. The summed E-state index contributed by atoms with van der Waals surface area (Å²) in [5.74, 6) is 1.51. The molecule has 1 unspecified atom stereocenters. The molecule has 0 N–H and O–H groups in total. The Balaban J connectivity index is 1.79. The van der Waals surface area contributed by atoms with E-state index in [4.69, 9.17) is 4.74 Å². The van der Waals surface area contributed by atoms with E-state index in [1.54, 1.807) is 7.11 Å². The number of rotatable bonds is 5. The lowest BCUT2D eigenvalue weighted by atomic mass is 9.99. The Kier molecular flexibility index (Phi) is 5.03. The van der Waals surface area contributed by atoms with E-state index in [0.717, 1.165) is 37.8 Å². The minimum absolute atomic E-state index is 0.610. The van der Waals surface area contributed by atoms with Crippen LogP contribution in [0.15, 0.2) is 18.2 Å². The number of likely N-dealkylation sites (tertiary alicyclic amines) is 1.